The molecule has 0 aliphatic heterocycles. The summed E-state index contributed by atoms with van der Waals surface area (Å²) in [5, 5.41) is 8.57. The summed E-state index contributed by atoms with van der Waals surface area (Å²) in [6.07, 6.45) is -0.563. The minimum Gasteiger partial charge on any atom is -0.479 e. The first kappa shape index (κ1) is 15.3. The summed E-state index contributed by atoms with van der Waals surface area (Å²) >= 11 is 0. The summed E-state index contributed by atoms with van der Waals surface area (Å²) in [6, 6.07) is 0. The molecule has 0 aromatic heterocycles. The van der Waals surface area contributed by atoms with Crippen LogP contribution in [0.15, 0.2) is 0 Å². The van der Waals surface area contributed by atoms with Crippen molar-refractivity contribution in [3.8, 4) is 0 Å². The van der Waals surface area contributed by atoms with E-state index in [0.29, 0.717) is 6.26 Å². The van der Waals surface area contributed by atoms with Crippen molar-refractivity contribution in [3.63, 3.8) is 0 Å². The summed E-state index contributed by atoms with van der Waals surface area (Å²) in [5.74, 6) is -1.51. The Balaban J connectivity index is 4.33. The van der Waals surface area contributed by atoms with E-state index < -0.39 is 45.3 Å². The molecule has 1 N–H and O–H groups in total. The van der Waals surface area contributed by atoms with Gasteiger partial charge in [-0.05, 0) is 0 Å². The van der Waals surface area contributed by atoms with Crippen molar-refractivity contribution in [2.45, 2.75) is 12.5 Å². The van der Waals surface area contributed by atoms with E-state index in [9.17, 15) is 21.6 Å². The molecule has 8 nitrogen and oxygen atoms in total. The minimum absolute atomic E-state index is 0.393. The molecule has 0 aromatic rings. The Morgan fingerprint density at radius 2 is 1.69 bits per heavy atom. The van der Waals surface area contributed by atoms with Gasteiger partial charge in [-0.2, -0.15) is 16.8 Å². The van der Waals surface area contributed by atoms with E-state index in [-0.39, 0.29) is 0 Å². The number of carbonyl (C=O) groups is 1. The van der Waals surface area contributed by atoms with Crippen molar-refractivity contribution in [2.24, 2.45) is 0 Å². The summed E-state index contributed by atoms with van der Waals surface area (Å²) in [4.78, 5) is 10.5. The molecule has 0 radical (unpaired) electrons. The molecule has 0 aliphatic rings. The van der Waals surface area contributed by atoms with E-state index >= 15 is 0 Å². The molecule has 1 atom stereocenters. The number of carboxylic acids is 1. The highest BCUT2D eigenvalue weighted by Crippen LogP contribution is 2.04. The van der Waals surface area contributed by atoms with E-state index in [4.69, 9.17) is 5.11 Å². The van der Waals surface area contributed by atoms with Crippen LogP contribution < -0.4 is 0 Å². The summed E-state index contributed by atoms with van der Waals surface area (Å²) in [5.41, 5.74) is 0. The zero-order valence-corrected chi connectivity index (χ0v) is 10.2. The average molecular weight is 276 g/mol. The molecule has 0 rings (SSSR count). The molecular formula is C6H12O8S2. The van der Waals surface area contributed by atoms with Crippen molar-refractivity contribution >= 4 is 26.2 Å². The van der Waals surface area contributed by atoms with Gasteiger partial charge in [-0.25, -0.2) is 4.79 Å². The fourth-order valence-electron chi connectivity index (χ4n) is 0.730. The summed E-state index contributed by atoms with van der Waals surface area (Å²) in [6.45, 7) is -0.467. The maximum absolute atomic E-state index is 10.7. The molecule has 96 valence electrons. The lowest BCUT2D eigenvalue weighted by Gasteiger charge is -2.10. The molecular weight excluding hydrogens is 264 g/mol. The summed E-state index contributed by atoms with van der Waals surface area (Å²) in [7, 11) is -7.61. The third-order valence-corrected chi connectivity index (χ3v) is 2.42. The largest absolute Gasteiger partial charge is 0.479 e. The van der Waals surface area contributed by atoms with Gasteiger partial charge in [0.25, 0.3) is 20.2 Å². The van der Waals surface area contributed by atoms with Gasteiger partial charge in [-0.1, -0.05) is 0 Å². The monoisotopic (exact) mass is 276 g/mol. The zero-order valence-electron chi connectivity index (χ0n) is 8.61. The van der Waals surface area contributed by atoms with Gasteiger partial charge in [0.1, 0.15) is 0 Å². The second kappa shape index (κ2) is 5.57. The Morgan fingerprint density at radius 1 is 1.19 bits per heavy atom. The molecule has 10 heteroatoms. The molecule has 0 aliphatic carbocycles. The quantitative estimate of drug-likeness (QED) is 0.574. The molecule has 0 bridgehead atoms. The van der Waals surface area contributed by atoms with Gasteiger partial charge in [0, 0.05) is 6.42 Å². The third kappa shape index (κ3) is 8.59. The lowest BCUT2D eigenvalue weighted by atomic mass is 10.3. The Morgan fingerprint density at radius 3 is 2.00 bits per heavy atom. The predicted molar refractivity (Wildman–Crippen MR) is 52.8 cm³/mol. The second-order valence-electron chi connectivity index (χ2n) is 2.94. The fourth-order valence-corrected chi connectivity index (χ4v) is 1.73. The third-order valence-electron chi connectivity index (χ3n) is 1.24. The van der Waals surface area contributed by atoms with Gasteiger partial charge < -0.3 is 5.11 Å². The lowest BCUT2D eigenvalue weighted by Crippen LogP contribution is -2.28. The van der Waals surface area contributed by atoms with Crippen LogP contribution in [0.4, 0.5) is 0 Å². The Hall–Kier alpha value is -0.710. The first-order valence-corrected chi connectivity index (χ1v) is 7.60. The molecule has 16 heavy (non-hydrogen) atoms. The lowest BCUT2D eigenvalue weighted by molar-refractivity contribution is -0.145. The summed E-state index contributed by atoms with van der Waals surface area (Å²) < 4.78 is 50.9. The number of aliphatic carboxylic acids is 1. The van der Waals surface area contributed by atoms with E-state index in [2.05, 4.69) is 8.37 Å². The van der Waals surface area contributed by atoms with E-state index in [0.717, 1.165) is 6.26 Å². The van der Waals surface area contributed by atoms with Crippen LogP contribution in [-0.4, -0.2) is 53.1 Å². The van der Waals surface area contributed by atoms with Gasteiger partial charge >= 0.3 is 5.97 Å². The van der Waals surface area contributed by atoms with Gasteiger partial charge in [0.2, 0.25) is 0 Å². The Labute approximate surface area is 93.4 Å². The molecule has 0 heterocycles. The van der Waals surface area contributed by atoms with E-state index in [1.165, 1.54) is 0 Å². The highest BCUT2D eigenvalue weighted by molar-refractivity contribution is 7.86. The van der Waals surface area contributed by atoms with Crippen LogP contribution in [0, 0.1) is 0 Å². The number of carboxylic acid groups (broad SMARTS) is 1. The van der Waals surface area contributed by atoms with Gasteiger partial charge in [-0.3, -0.25) is 8.37 Å². The Bertz CT molecular complexity index is 433. The van der Waals surface area contributed by atoms with Crippen molar-refractivity contribution in [1.29, 1.82) is 0 Å². The van der Waals surface area contributed by atoms with E-state index in [1.807, 2.05) is 0 Å². The smallest absolute Gasteiger partial charge is 0.334 e. The first-order valence-electron chi connectivity index (χ1n) is 3.97. The molecule has 0 saturated carbocycles. The van der Waals surface area contributed by atoms with Crippen molar-refractivity contribution in [3.05, 3.63) is 0 Å². The standard InChI is InChI=1S/C6H12O8S2/c1-15(9,10)13-4-3-5(6(7)8)14-16(2,11)12/h5H,3-4H2,1-2H3,(H,7,8). The van der Waals surface area contributed by atoms with Crippen molar-refractivity contribution in [2.75, 3.05) is 19.1 Å². The number of hydrogen-bond acceptors (Lipinski definition) is 7. The van der Waals surface area contributed by atoms with Crippen LogP contribution in [0.3, 0.4) is 0 Å². The minimum atomic E-state index is -3.92. The fraction of sp³-hybridized carbons (Fsp3) is 0.833. The molecule has 0 aromatic carbocycles. The predicted octanol–water partition coefficient (Wildman–Crippen LogP) is -1.22. The number of hydrogen-bond donors (Lipinski definition) is 1. The van der Waals surface area contributed by atoms with Crippen molar-refractivity contribution < 1.29 is 35.1 Å². The van der Waals surface area contributed by atoms with Crippen LogP contribution >= 0.6 is 0 Å². The van der Waals surface area contributed by atoms with Gasteiger partial charge in [0.05, 0.1) is 19.1 Å². The highest BCUT2D eigenvalue weighted by atomic mass is 32.2. The van der Waals surface area contributed by atoms with Crippen LogP contribution in [-0.2, 0) is 33.4 Å². The highest BCUT2D eigenvalue weighted by Gasteiger charge is 2.23. The average Bonchev–Trinajstić information content (AvgIpc) is 1.97. The maximum Gasteiger partial charge on any atom is 0.334 e. The first-order chi connectivity index (χ1) is 7.01. The molecule has 0 fully saturated rings. The topological polar surface area (TPSA) is 124 Å². The SMILES string of the molecule is CS(=O)(=O)OCCC(OS(C)(=O)=O)C(=O)O. The zero-order chi connectivity index (χ0) is 13.0. The molecule has 0 saturated heterocycles. The number of rotatable bonds is 7. The van der Waals surface area contributed by atoms with Gasteiger partial charge in [-0.15, -0.1) is 0 Å². The van der Waals surface area contributed by atoms with Crippen LogP contribution in [0.25, 0.3) is 0 Å². The maximum atomic E-state index is 10.7. The second-order valence-corrected chi connectivity index (χ2v) is 6.19. The van der Waals surface area contributed by atoms with Gasteiger partial charge in [0.15, 0.2) is 6.10 Å². The molecule has 1 unspecified atom stereocenters. The van der Waals surface area contributed by atoms with Crippen LogP contribution in [0.2, 0.25) is 0 Å². The molecule has 0 spiro atoms. The molecule has 0 amide bonds. The van der Waals surface area contributed by atoms with Crippen LogP contribution in [0.5, 0.6) is 0 Å². The normalized spacial score (nSPS) is 14.6. The Kier molecular flexibility index (Phi) is 5.32. The van der Waals surface area contributed by atoms with Crippen molar-refractivity contribution in [1.82, 2.24) is 0 Å². The van der Waals surface area contributed by atoms with Crippen LogP contribution in [0.1, 0.15) is 6.42 Å². The van der Waals surface area contributed by atoms with E-state index in [1.54, 1.807) is 0 Å².